The van der Waals surface area contributed by atoms with Crippen molar-refractivity contribution in [1.29, 1.82) is 0 Å². The molecule has 0 aromatic carbocycles. The van der Waals surface area contributed by atoms with Gasteiger partial charge in [-0.25, -0.2) is 0 Å². The third kappa shape index (κ3) is 4.15. The average molecular weight is 321 g/mol. The lowest BCUT2D eigenvalue weighted by atomic mass is 10.2. The van der Waals surface area contributed by atoms with Crippen molar-refractivity contribution in [2.24, 2.45) is 5.73 Å². The minimum Gasteiger partial charge on any atom is -0.366 e. The Morgan fingerprint density at radius 1 is 1.50 bits per heavy atom. The fraction of sp³-hybridized carbons (Fsp3) is 0.357. The minimum absolute atomic E-state index is 0.207. The van der Waals surface area contributed by atoms with Crippen molar-refractivity contribution in [3.63, 3.8) is 0 Å². The largest absolute Gasteiger partial charge is 0.366 e. The van der Waals surface area contributed by atoms with Crippen LogP contribution >= 0.6 is 11.3 Å². The molecule has 0 aliphatic rings. The van der Waals surface area contributed by atoms with Crippen molar-refractivity contribution < 1.29 is 9.59 Å². The Balaban J connectivity index is 1.81. The summed E-state index contributed by atoms with van der Waals surface area (Å²) in [4.78, 5) is 23.3. The van der Waals surface area contributed by atoms with E-state index in [-0.39, 0.29) is 11.9 Å². The van der Waals surface area contributed by atoms with E-state index in [4.69, 9.17) is 5.73 Å². The number of amides is 2. The van der Waals surface area contributed by atoms with E-state index in [0.717, 1.165) is 5.56 Å². The Morgan fingerprint density at radius 2 is 2.27 bits per heavy atom. The molecule has 2 rings (SSSR count). The van der Waals surface area contributed by atoms with Gasteiger partial charge in [-0.3, -0.25) is 14.3 Å². The SMILES string of the molecule is Cc1cnn(CCN[C@@H](C)C(=O)Nc2sccc2C(N)=O)c1. The van der Waals surface area contributed by atoms with Gasteiger partial charge in [-0.1, -0.05) is 0 Å². The highest BCUT2D eigenvalue weighted by molar-refractivity contribution is 7.14. The molecular formula is C14H19N5O2S. The third-order valence-electron chi connectivity index (χ3n) is 3.11. The number of nitrogens with one attached hydrogen (secondary N) is 2. The van der Waals surface area contributed by atoms with Crippen molar-refractivity contribution in [3.8, 4) is 0 Å². The smallest absolute Gasteiger partial charge is 0.251 e. The molecule has 0 radical (unpaired) electrons. The molecule has 0 fully saturated rings. The summed E-state index contributed by atoms with van der Waals surface area (Å²) in [5.41, 5.74) is 6.68. The fourth-order valence-corrected chi connectivity index (χ4v) is 2.69. The number of aromatic nitrogens is 2. The van der Waals surface area contributed by atoms with Gasteiger partial charge in [-0.2, -0.15) is 5.10 Å². The second kappa shape index (κ2) is 7.19. The monoisotopic (exact) mass is 321 g/mol. The number of nitrogens with two attached hydrogens (primary N) is 1. The molecule has 0 saturated carbocycles. The summed E-state index contributed by atoms with van der Waals surface area (Å²) in [6.07, 6.45) is 3.73. The van der Waals surface area contributed by atoms with Gasteiger partial charge < -0.3 is 16.4 Å². The highest BCUT2D eigenvalue weighted by Gasteiger charge is 2.16. The molecule has 0 aliphatic heterocycles. The van der Waals surface area contributed by atoms with E-state index >= 15 is 0 Å². The van der Waals surface area contributed by atoms with E-state index in [0.29, 0.717) is 23.7 Å². The molecule has 2 aromatic rings. The molecule has 0 unspecified atom stereocenters. The quantitative estimate of drug-likeness (QED) is 0.707. The number of anilines is 1. The Labute approximate surface area is 132 Å². The van der Waals surface area contributed by atoms with Gasteiger partial charge >= 0.3 is 0 Å². The van der Waals surface area contributed by atoms with E-state index in [1.807, 2.05) is 17.8 Å². The van der Waals surface area contributed by atoms with Crippen molar-refractivity contribution in [2.75, 3.05) is 11.9 Å². The first-order valence-electron chi connectivity index (χ1n) is 6.88. The summed E-state index contributed by atoms with van der Waals surface area (Å²) in [6, 6.07) is 1.21. The third-order valence-corrected chi connectivity index (χ3v) is 3.94. The molecule has 2 aromatic heterocycles. The lowest BCUT2D eigenvalue weighted by Gasteiger charge is -2.13. The first-order chi connectivity index (χ1) is 10.5. The standard InChI is InChI=1S/C14H19N5O2S/c1-9-7-17-19(8-9)5-4-16-10(2)13(21)18-14-11(12(15)20)3-6-22-14/h3,6-8,10,16H,4-5H2,1-2H3,(H2,15,20)(H,18,21)/t10-/m0/s1. The van der Waals surface area contributed by atoms with E-state index in [1.54, 1.807) is 24.6 Å². The van der Waals surface area contributed by atoms with Crippen LogP contribution in [0, 0.1) is 6.92 Å². The summed E-state index contributed by atoms with van der Waals surface area (Å²) in [5.74, 6) is -0.757. The molecule has 0 bridgehead atoms. The van der Waals surface area contributed by atoms with E-state index in [2.05, 4.69) is 15.7 Å². The molecule has 0 saturated heterocycles. The molecular weight excluding hydrogens is 302 g/mol. The summed E-state index contributed by atoms with van der Waals surface area (Å²) >= 11 is 1.27. The fourth-order valence-electron chi connectivity index (χ4n) is 1.90. The second-order valence-corrected chi connectivity index (χ2v) is 5.89. The van der Waals surface area contributed by atoms with Crippen LogP contribution in [0.15, 0.2) is 23.8 Å². The molecule has 0 aliphatic carbocycles. The predicted molar refractivity (Wildman–Crippen MR) is 85.9 cm³/mol. The number of hydrogen-bond donors (Lipinski definition) is 3. The van der Waals surface area contributed by atoms with Crippen molar-refractivity contribution >= 4 is 28.2 Å². The van der Waals surface area contributed by atoms with Crippen LogP contribution in [-0.4, -0.2) is 34.2 Å². The number of nitrogens with zero attached hydrogens (tertiary/aromatic N) is 2. The van der Waals surface area contributed by atoms with Crippen molar-refractivity contribution in [2.45, 2.75) is 26.4 Å². The van der Waals surface area contributed by atoms with Crippen LogP contribution in [0.5, 0.6) is 0 Å². The van der Waals surface area contributed by atoms with Crippen LogP contribution in [0.3, 0.4) is 0 Å². The number of carbonyl (C=O) groups is 2. The van der Waals surface area contributed by atoms with Crippen molar-refractivity contribution in [1.82, 2.24) is 15.1 Å². The van der Waals surface area contributed by atoms with Crippen LogP contribution in [0.4, 0.5) is 5.00 Å². The average Bonchev–Trinajstić information content (AvgIpc) is 3.07. The predicted octanol–water partition coefficient (Wildman–Crippen LogP) is 0.969. The lowest BCUT2D eigenvalue weighted by Crippen LogP contribution is -2.39. The number of primary amides is 1. The van der Waals surface area contributed by atoms with Crippen LogP contribution in [0.1, 0.15) is 22.8 Å². The number of thiophene rings is 1. The van der Waals surface area contributed by atoms with E-state index in [1.165, 1.54) is 11.3 Å². The lowest BCUT2D eigenvalue weighted by molar-refractivity contribution is -0.117. The minimum atomic E-state index is -0.550. The van der Waals surface area contributed by atoms with Gasteiger partial charge in [0.1, 0.15) is 5.00 Å². The van der Waals surface area contributed by atoms with Gasteiger partial charge in [-0.15, -0.1) is 11.3 Å². The molecule has 0 spiro atoms. The number of rotatable bonds is 7. The molecule has 1 atom stereocenters. The zero-order valence-electron chi connectivity index (χ0n) is 12.5. The van der Waals surface area contributed by atoms with Crippen molar-refractivity contribution in [3.05, 3.63) is 35.0 Å². The van der Waals surface area contributed by atoms with Gasteiger partial charge in [0.05, 0.1) is 24.3 Å². The molecule has 22 heavy (non-hydrogen) atoms. The van der Waals surface area contributed by atoms with E-state index in [9.17, 15) is 9.59 Å². The molecule has 4 N–H and O–H groups in total. The van der Waals surface area contributed by atoms with E-state index < -0.39 is 5.91 Å². The molecule has 7 nitrogen and oxygen atoms in total. The zero-order valence-corrected chi connectivity index (χ0v) is 13.3. The van der Waals surface area contributed by atoms with Crippen LogP contribution in [0.2, 0.25) is 0 Å². The normalized spacial score (nSPS) is 12.1. The van der Waals surface area contributed by atoms with Gasteiger partial charge in [-0.05, 0) is 30.9 Å². The molecule has 2 amide bonds. The number of carbonyl (C=O) groups excluding carboxylic acids is 2. The van der Waals surface area contributed by atoms with Crippen LogP contribution in [0.25, 0.3) is 0 Å². The Morgan fingerprint density at radius 3 is 2.91 bits per heavy atom. The molecule has 8 heteroatoms. The van der Waals surface area contributed by atoms with Crippen LogP contribution in [-0.2, 0) is 11.3 Å². The second-order valence-electron chi connectivity index (χ2n) is 4.97. The summed E-state index contributed by atoms with van der Waals surface area (Å²) < 4.78 is 1.82. The summed E-state index contributed by atoms with van der Waals surface area (Å²) in [7, 11) is 0. The maximum atomic E-state index is 12.1. The summed E-state index contributed by atoms with van der Waals surface area (Å²) in [5, 5.41) is 12.2. The first kappa shape index (κ1) is 16.2. The maximum absolute atomic E-state index is 12.1. The number of aryl methyl sites for hydroxylation is 1. The zero-order chi connectivity index (χ0) is 16.1. The highest BCUT2D eigenvalue weighted by atomic mass is 32.1. The maximum Gasteiger partial charge on any atom is 0.251 e. The summed E-state index contributed by atoms with van der Waals surface area (Å²) in [6.45, 7) is 5.03. The molecule has 2 heterocycles. The number of hydrogen-bond acceptors (Lipinski definition) is 5. The van der Waals surface area contributed by atoms with Gasteiger partial charge in [0.15, 0.2) is 0 Å². The van der Waals surface area contributed by atoms with Gasteiger partial charge in [0.25, 0.3) is 5.91 Å². The Bertz CT molecular complexity index is 664. The topological polar surface area (TPSA) is 102 Å². The Kier molecular flexibility index (Phi) is 5.29. The van der Waals surface area contributed by atoms with Crippen LogP contribution < -0.4 is 16.4 Å². The molecule has 118 valence electrons. The Hall–Kier alpha value is -2.19. The van der Waals surface area contributed by atoms with Gasteiger partial charge in [0.2, 0.25) is 5.91 Å². The van der Waals surface area contributed by atoms with Gasteiger partial charge in [0, 0.05) is 12.7 Å². The highest BCUT2D eigenvalue weighted by Crippen LogP contribution is 2.22. The first-order valence-corrected chi connectivity index (χ1v) is 7.76.